The van der Waals surface area contributed by atoms with Crippen LogP contribution in [-0.2, 0) is 9.53 Å². The van der Waals surface area contributed by atoms with Crippen LogP contribution in [-0.4, -0.2) is 5.97 Å². The van der Waals surface area contributed by atoms with Crippen LogP contribution in [0, 0.1) is 11.8 Å². The predicted molar refractivity (Wildman–Crippen MR) is 55.3 cm³/mol. The fourth-order valence-corrected chi connectivity index (χ4v) is 1.23. The Morgan fingerprint density at radius 1 is 1.50 bits per heavy atom. The summed E-state index contributed by atoms with van der Waals surface area (Å²) in [5.74, 6) is 6.55. The van der Waals surface area contributed by atoms with E-state index in [-0.39, 0.29) is 5.97 Å². The number of hydrogen-bond donors (Lipinski definition) is 0. The highest BCUT2D eigenvalue weighted by Gasteiger charge is 2.13. The lowest BCUT2D eigenvalue weighted by atomic mass is 10.1. The minimum atomic E-state index is -0.127. The van der Waals surface area contributed by atoms with E-state index in [1.54, 1.807) is 6.08 Å². The molecule has 0 saturated carbocycles. The molecule has 2 heteroatoms. The summed E-state index contributed by atoms with van der Waals surface area (Å²) >= 11 is 0. The molecule has 1 aliphatic rings. The summed E-state index contributed by atoms with van der Waals surface area (Å²) in [5, 5.41) is 0. The van der Waals surface area contributed by atoms with Crippen molar-refractivity contribution in [1.29, 1.82) is 0 Å². The predicted octanol–water partition coefficient (Wildman–Crippen LogP) is 2.79. The number of hydrogen-bond acceptors (Lipinski definition) is 2. The van der Waals surface area contributed by atoms with Crippen molar-refractivity contribution in [2.24, 2.45) is 0 Å². The summed E-state index contributed by atoms with van der Waals surface area (Å²) in [6.45, 7) is 2.14. The van der Waals surface area contributed by atoms with Gasteiger partial charge in [-0.1, -0.05) is 25.2 Å². The molecule has 1 heterocycles. The van der Waals surface area contributed by atoms with Gasteiger partial charge in [0.2, 0.25) is 0 Å². The van der Waals surface area contributed by atoms with Gasteiger partial charge in [-0.2, -0.15) is 0 Å². The molecular formula is C12H16O2. The van der Waals surface area contributed by atoms with E-state index in [1.165, 1.54) is 6.42 Å². The van der Waals surface area contributed by atoms with Crippen molar-refractivity contribution in [3.63, 3.8) is 0 Å². The van der Waals surface area contributed by atoms with Crippen molar-refractivity contribution < 1.29 is 9.53 Å². The number of allylic oxidation sites excluding steroid dienone is 2. The fourth-order valence-electron chi connectivity index (χ4n) is 1.23. The fraction of sp³-hybridized carbons (Fsp3) is 0.583. The molecule has 0 N–H and O–H groups in total. The highest BCUT2D eigenvalue weighted by Crippen LogP contribution is 2.16. The number of carbonyl (C=O) groups is 1. The Balaban J connectivity index is 2.34. The Kier molecular flexibility index (Phi) is 4.85. The van der Waals surface area contributed by atoms with Crippen LogP contribution in [0.5, 0.6) is 0 Å². The van der Waals surface area contributed by atoms with Gasteiger partial charge < -0.3 is 4.74 Å². The first-order valence-corrected chi connectivity index (χ1v) is 5.21. The second-order valence-electron chi connectivity index (χ2n) is 3.36. The van der Waals surface area contributed by atoms with Crippen molar-refractivity contribution in [2.75, 3.05) is 0 Å². The van der Waals surface area contributed by atoms with Gasteiger partial charge in [0, 0.05) is 25.3 Å². The Hall–Kier alpha value is -1.23. The number of ether oxygens (including phenoxy) is 1. The van der Waals surface area contributed by atoms with E-state index in [9.17, 15) is 4.79 Å². The first kappa shape index (κ1) is 10.8. The van der Waals surface area contributed by atoms with Gasteiger partial charge >= 0.3 is 5.97 Å². The van der Waals surface area contributed by atoms with Gasteiger partial charge in [0.25, 0.3) is 0 Å². The summed E-state index contributed by atoms with van der Waals surface area (Å²) < 4.78 is 5.01. The average molecular weight is 192 g/mol. The SMILES string of the molecule is CCCCC#CC=C1CCCC(=O)O1. The molecule has 0 unspecified atom stereocenters. The first-order valence-electron chi connectivity index (χ1n) is 5.21. The maximum Gasteiger partial charge on any atom is 0.310 e. The zero-order valence-corrected chi connectivity index (χ0v) is 8.64. The molecule has 0 radical (unpaired) electrons. The normalized spacial score (nSPS) is 18.6. The summed E-state index contributed by atoms with van der Waals surface area (Å²) in [5.41, 5.74) is 0. The Bertz CT molecular complexity index is 278. The maximum absolute atomic E-state index is 10.9. The molecule has 1 saturated heterocycles. The van der Waals surface area contributed by atoms with E-state index in [0.29, 0.717) is 6.42 Å². The molecule has 0 aromatic heterocycles. The van der Waals surface area contributed by atoms with E-state index in [1.807, 2.05) is 0 Å². The van der Waals surface area contributed by atoms with Crippen LogP contribution in [0.4, 0.5) is 0 Å². The zero-order chi connectivity index (χ0) is 10.2. The smallest absolute Gasteiger partial charge is 0.310 e. The van der Waals surface area contributed by atoms with Crippen LogP contribution in [0.25, 0.3) is 0 Å². The molecule has 0 aromatic carbocycles. The summed E-state index contributed by atoms with van der Waals surface area (Å²) in [6, 6.07) is 0. The number of rotatable bonds is 2. The molecule has 0 aromatic rings. The Morgan fingerprint density at radius 2 is 2.36 bits per heavy atom. The molecular weight excluding hydrogens is 176 g/mol. The van der Waals surface area contributed by atoms with Crippen molar-refractivity contribution in [2.45, 2.75) is 45.4 Å². The summed E-state index contributed by atoms with van der Waals surface area (Å²) in [7, 11) is 0. The van der Waals surface area contributed by atoms with Crippen molar-refractivity contribution >= 4 is 5.97 Å². The minimum absolute atomic E-state index is 0.127. The molecule has 0 aliphatic carbocycles. The third-order valence-electron chi connectivity index (χ3n) is 2.04. The second-order valence-corrected chi connectivity index (χ2v) is 3.36. The van der Waals surface area contributed by atoms with Crippen LogP contribution >= 0.6 is 0 Å². The molecule has 0 spiro atoms. The molecule has 1 fully saturated rings. The third kappa shape index (κ3) is 4.13. The number of unbranched alkanes of at least 4 members (excludes halogenated alkanes) is 2. The standard InChI is InChI=1S/C12H16O2/c1-2-3-4-5-6-8-11-9-7-10-12(13)14-11/h8H,2-4,7,9-10H2,1H3. The van der Waals surface area contributed by atoms with Crippen LogP contribution in [0.3, 0.4) is 0 Å². The quantitative estimate of drug-likeness (QED) is 0.382. The van der Waals surface area contributed by atoms with Crippen LogP contribution in [0.2, 0.25) is 0 Å². The Morgan fingerprint density at radius 3 is 3.07 bits per heavy atom. The maximum atomic E-state index is 10.9. The highest BCUT2D eigenvalue weighted by molar-refractivity contribution is 5.71. The highest BCUT2D eigenvalue weighted by atomic mass is 16.5. The number of esters is 1. The van der Waals surface area contributed by atoms with E-state index < -0.39 is 0 Å². The molecule has 2 nitrogen and oxygen atoms in total. The molecule has 1 rings (SSSR count). The van der Waals surface area contributed by atoms with Crippen molar-refractivity contribution in [3.05, 3.63) is 11.8 Å². The van der Waals surface area contributed by atoms with Crippen LogP contribution in [0.15, 0.2) is 11.8 Å². The molecule has 0 amide bonds. The third-order valence-corrected chi connectivity index (χ3v) is 2.04. The molecule has 14 heavy (non-hydrogen) atoms. The molecule has 0 atom stereocenters. The Labute approximate surface area is 85.3 Å². The van der Waals surface area contributed by atoms with Crippen LogP contribution < -0.4 is 0 Å². The van der Waals surface area contributed by atoms with Gasteiger partial charge in [-0.25, -0.2) is 0 Å². The molecule has 0 bridgehead atoms. The summed E-state index contributed by atoms with van der Waals surface area (Å²) in [6.07, 6.45) is 7.23. The monoisotopic (exact) mass is 192 g/mol. The van der Waals surface area contributed by atoms with E-state index in [4.69, 9.17) is 4.74 Å². The molecule has 1 aliphatic heterocycles. The number of cyclic esters (lactones) is 1. The zero-order valence-electron chi connectivity index (χ0n) is 8.64. The van der Waals surface area contributed by atoms with Crippen LogP contribution in [0.1, 0.15) is 45.4 Å². The topological polar surface area (TPSA) is 26.3 Å². The van der Waals surface area contributed by atoms with E-state index in [2.05, 4.69) is 18.8 Å². The van der Waals surface area contributed by atoms with Gasteiger partial charge in [-0.05, 0) is 12.8 Å². The molecule has 76 valence electrons. The second kappa shape index (κ2) is 6.26. The lowest BCUT2D eigenvalue weighted by molar-refractivity contribution is -0.141. The van der Waals surface area contributed by atoms with Gasteiger partial charge in [0.15, 0.2) is 0 Å². The average Bonchev–Trinajstić information content (AvgIpc) is 2.18. The van der Waals surface area contributed by atoms with Gasteiger partial charge in [-0.15, -0.1) is 0 Å². The van der Waals surface area contributed by atoms with Gasteiger partial charge in [-0.3, -0.25) is 4.79 Å². The largest absolute Gasteiger partial charge is 0.430 e. The first-order chi connectivity index (χ1) is 6.83. The minimum Gasteiger partial charge on any atom is -0.430 e. The summed E-state index contributed by atoms with van der Waals surface area (Å²) in [4.78, 5) is 10.9. The van der Waals surface area contributed by atoms with E-state index in [0.717, 1.165) is 31.4 Å². The lowest BCUT2D eigenvalue weighted by Crippen LogP contribution is -2.09. The lowest BCUT2D eigenvalue weighted by Gasteiger charge is -2.12. The van der Waals surface area contributed by atoms with E-state index >= 15 is 0 Å². The van der Waals surface area contributed by atoms with Crippen molar-refractivity contribution in [3.8, 4) is 11.8 Å². The number of carbonyl (C=O) groups excluding carboxylic acids is 1. The van der Waals surface area contributed by atoms with Gasteiger partial charge in [0.05, 0.1) is 0 Å². The van der Waals surface area contributed by atoms with Crippen molar-refractivity contribution in [1.82, 2.24) is 0 Å². The van der Waals surface area contributed by atoms with Gasteiger partial charge in [0.1, 0.15) is 5.76 Å².